The molecule has 146 valence electrons. The van der Waals surface area contributed by atoms with E-state index in [4.69, 9.17) is 12.2 Å². The summed E-state index contributed by atoms with van der Waals surface area (Å²) in [5, 5.41) is 9.56. The summed E-state index contributed by atoms with van der Waals surface area (Å²) in [5.74, 6) is 0.213. The minimum atomic E-state index is -4.38. The van der Waals surface area contributed by atoms with E-state index in [2.05, 4.69) is 15.5 Å². The Hall–Kier alpha value is -2.94. The standard InChI is InChI=1S/C19H17F3N4OS/c1-12-3-2-4-14(9-12)17-24-25-18(28)26(17)11-16(27)23-10-13-5-7-15(8-6-13)19(20,21)22/h2-9H,10-11H2,1H3,(H,23,27)(H,25,28). The zero-order chi connectivity index (χ0) is 20.3. The van der Waals surface area contributed by atoms with Crippen molar-refractivity contribution in [3.8, 4) is 11.4 Å². The third kappa shape index (κ3) is 4.66. The van der Waals surface area contributed by atoms with Gasteiger partial charge in [0.25, 0.3) is 0 Å². The lowest BCUT2D eigenvalue weighted by Crippen LogP contribution is -2.27. The maximum Gasteiger partial charge on any atom is 0.416 e. The normalized spacial score (nSPS) is 11.4. The van der Waals surface area contributed by atoms with Gasteiger partial charge in [0.2, 0.25) is 5.91 Å². The number of alkyl halides is 3. The molecule has 0 fully saturated rings. The molecule has 3 aromatic rings. The Bertz CT molecular complexity index is 1040. The van der Waals surface area contributed by atoms with Crippen LogP contribution in [0.4, 0.5) is 13.2 Å². The predicted molar refractivity (Wildman–Crippen MR) is 101 cm³/mol. The highest BCUT2D eigenvalue weighted by atomic mass is 32.1. The monoisotopic (exact) mass is 406 g/mol. The number of nitrogens with zero attached hydrogens (tertiary/aromatic N) is 2. The smallest absolute Gasteiger partial charge is 0.350 e. The van der Waals surface area contributed by atoms with Crippen molar-refractivity contribution in [2.45, 2.75) is 26.2 Å². The number of carbonyl (C=O) groups is 1. The van der Waals surface area contributed by atoms with E-state index in [0.717, 1.165) is 23.3 Å². The van der Waals surface area contributed by atoms with Gasteiger partial charge >= 0.3 is 6.18 Å². The van der Waals surface area contributed by atoms with Crippen LogP contribution in [-0.2, 0) is 24.1 Å². The van der Waals surface area contributed by atoms with Crippen molar-refractivity contribution in [2.24, 2.45) is 0 Å². The quantitative estimate of drug-likeness (QED) is 0.623. The van der Waals surface area contributed by atoms with E-state index in [1.807, 2.05) is 31.2 Å². The number of aryl methyl sites for hydroxylation is 1. The summed E-state index contributed by atoms with van der Waals surface area (Å²) in [6, 6.07) is 12.3. The number of halogens is 3. The maximum atomic E-state index is 12.6. The van der Waals surface area contributed by atoms with Crippen LogP contribution in [0, 0.1) is 11.7 Å². The second-order valence-corrected chi connectivity index (χ2v) is 6.67. The van der Waals surface area contributed by atoms with Crippen molar-refractivity contribution in [3.05, 3.63) is 70.0 Å². The fourth-order valence-corrected chi connectivity index (χ4v) is 2.88. The number of amides is 1. The molecule has 2 N–H and O–H groups in total. The molecule has 0 atom stereocenters. The molecule has 0 aliphatic carbocycles. The Morgan fingerprint density at radius 2 is 1.93 bits per heavy atom. The SMILES string of the molecule is Cc1cccc(-c2n[nH]c(=S)n2CC(=O)NCc2ccc(C(F)(F)F)cc2)c1. The molecule has 0 unspecified atom stereocenters. The Kier molecular flexibility index (Phi) is 5.64. The van der Waals surface area contributed by atoms with E-state index >= 15 is 0 Å². The van der Waals surface area contributed by atoms with Crippen LogP contribution >= 0.6 is 12.2 Å². The Labute approximate surface area is 164 Å². The summed E-state index contributed by atoms with van der Waals surface area (Å²) < 4.78 is 39.7. The van der Waals surface area contributed by atoms with Crippen molar-refractivity contribution in [1.82, 2.24) is 20.1 Å². The van der Waals surface area contributed by atoms with E-state index in [0.29, 0.717) is 16.2 Å². The van der Waals surface area contributed by atoms with Gasteiger partial charge in [0, 0.05) is 12.1 Å². The highest BCUT2D eigenvalue weighted by molar-refractivity contribution is 7.71. The third-order valence-corrected chi connectivity index (χ3v) is 4.42. The average Bonchev–Trinajstić information content (AvgIpc) is 3.00. The highest BCUT2D eigenvalue weighted by Crippen LogP contribution is 2.29. The Morgan fingerprint density at radius 3 is 2.57 bits per heavy atom. The number of aromatic nitrogens is 3. The third-order valence-electron chi connectivity index (χ3n) is 4.11. The van der Waals surface area contributed by atoms with Gasteiger partial charge in [0.05, 0.1) is 5.56 Å². The van der Waals surface area contributed by atoms with Gasteiger partial charge in [-0.1, -0.05) is 35.9 Å². The molecule has 0 aliphatic rings. The van der Waals surface area contributed by atoms with E-state index < -0.39 is 11.7 Å². The number of rotatable bonds is 5. The molecule has 0 spiro atoms. The molecule has 2 aromatic carbocycles. The highest BCUT2D eigenvalue weighted by Gasteiger charge is 2.29. The van der Waals surface area contributed by atoms with Crippen LogP contribution < -0.4 is 5.32 Å². The fraction of sp³-hybridized carbons (Fsp3) is 0.211. The van der Waals surface area contributed by atoms with E-state index in [-0.39, 0.29) is 19.0 Å². The second kappa shape index (κ2) is 7.97. The number of nitrogens with one attached hydrogen (secondary N) is 2. The van der Waals surface area contributed by atoms with Crippen LogP contribution in [0.15, 0.2) is 48.5 Å². The zero-order valence-electron chi connectivity index (χ0n) is 14.9. The van der Waals surface area contributed by atoms with Crippen LogP contribution in [0.1, 0.15) is 16.7 Å². The number of hydrogen-bond donors (Lipinski definition) is 2. The van der Waals surface area contributed by atoms with Gasteiger partial charge in [0.1, 0.15) is 6.54 Å². The van der Waals surface area contributed by atoms with Crippen LogP contribution in [0.25, 0.3) is 11.4 Å². The predicted octanol–water partition coefficient (Wildman–Crippen LogP) is 4.25. The summed E-state index contributed by atoms with van der Waals surface area (Å²) in [6.45, 7) is 2.01. The summed E-state index contributed by atoms with van der Waals surface area (Å²) >= 11 is 5.21. The molecular weight excluding hydrogens is 389 g/mol. The molecule has 28 heavy (non-hydrogen) atoms. The maximum absolute atomic E-state index is 12.6. The van der Waals surface area contributed by atoms with Gasteiger partial charge in [-0.2, -0.15) is 18.3 Å². The van der Waals surface area contributed by atoms with Gasteiger partial charge in [-0.3, -0.25) is 14.5 Å². The summed E-state index contributed by atoms with van der Waals surface area (Å²) in [6.07, 6.45) is -4.38. The molecule has 1 heterocycles. The Balaban J connectivity index is 1.67. The molecule has 0 aliphatic heterocycles. The molecule has 0 bridgehead atoms. The summed E-state index contributed by atoms with van der Waals surface area (Å²) in [7, 11) is 0. The minimum Gasteiger partial charge on any atom is -0.350 e. The fourth-order valence-electron chi connectivity index (χ4n) is 2.68. The number of benzene rings is 2. The van der Waals surface area contributed by atoms with Crippen molar-refractivity contribution in [3.63, 3.8) is 0 Å². The number of carbonyl (C=O) groups excluding carboxylic acids is 1. The molecule has 1 amide bonds. The lowest BCUT2D eigenvalue weighted by atomic mass is 10.1. The van der Waals surface area contributed by atoms with Crippen LogP contribution in [0.5, 0.6) is 0 Å². The molecule has 1 aromatic heterocycles. The second-order valence-electron chi connectivity index (χ2n) is 6.28. The van der Waals surface area contributed by atoms with Crippen molar-refractivity contribution in [2.75, 3.05) is 0 Å². The largest absolute Gasteiger partial charge is 0.416 e. The molecule has 3 rings (SSSR count). The number of aromatic amines is 1. The molecule has 5 nitrogen and oxygen atoms in total. The van der Waals surface area contributed by atoms with Crippen molar-refractivity contribution >= 4 is 18.1 Å². The molecule has 0 saturated heterocycles. The van der Waals surface area contributed by atoms with Crippen molar-refractivity contribution in [1.29, 1.82) is 0 Å². The van der Waals surface area contributed by atoms with Crippen LogP contribution in [0.2, 0.25) is 0 Å². The van der Waals surface area contributed by atoms with Gasteiger partial charge in [-0.25, -0.2) is 0 Å². The minimum absolute atomic E-state index is 0.0563. The first-order chi connectivity index (χ1) is 13.2. The number of hydrogen-bond acceptors (Lipinski definition) is 3. The number of H-pyrrole nitrogens is 1. The van der Waals surface area contributed by atoms with E-state index in [9.17, 15) is 18.0 Å². The molecule has 0 saturated carbocycles. The van der Waals surface area contributed by atoms with Gasteiger partial charge in [0.15, 0.2) is 10.6 Å². The van der Waals surface area contributed by atoms with Crippen molar-refractivity contribution < 1.29 is 18.0 Å². The van der Waals surface area contributed by atoms with Crippen LogP contribution in [-0.4, -0.2) is 20.7 Å². The molecule has 9 heteroatoms. The molecule has 0 radical (unpaired) electrons. The lowest BCUT2D eigenvalue weighted by molar-refractivity contribution is -0.137. The van der Waals surface area contributed by atoms with Gasteiger partial charge in [-0.15, -0.1) is 0 Å². The van der Waals surface area contributed by atoms with Gasteiger partial charge < -0.3 is 5.32 Å². The average molecular weight is 406 g/mol. The first kappa shape index (κ1) is 19.8. The zero-order valence-corrected chi connectivity index (χ0v) is 15.7. The Morgan fingerprint density at radius 1 is 1.21 bits per heavy atom. The topological polar surface area (TPSA) is 62.7 Å². The van der Waals surface area contributed by atoms with Gasteiger partial charge in [-0.05, 0) is 42.9 Å². The summed E-state index contributed by atoms with van der Waals surface area (Å²) in [5.41, 5.74) is 1.71. The van der Waals surface area contributed by atoms with E-state index in [1.54, 1.807) is 4.57 Å². The van der Waals surface area contributed by atoms with Crippen LogP contribution in [0.3, 0.4) is 0 Å². The molecular formula is C19H17F3N4OS. The summed E-state index contributed by atoms with van der Waals surface area (Å²) in [4.78, 5) is 12.3. The first-order valence-corrected chi connectivity index (χ1v) is 8.80. The van der Waals surface area contributed by atoms with E-state index in [1.165, 1.54) is 12.1 Å². The lowest BCUT2D eigenvalue weighted by Gasteiger charge is -2.10. The first-order valence-electron chi connectivity index (χ1n) is 8.39.